The molecule has 2 nitrogen and oxygen atoms in total. The number of rotatable bonds is 1. The minimum atomic E-state index is -0.471. The molecule has 60 valence electrons. The van der Waals surface area contributed by atoms with Crippen molar-refractivity contribution in [2.75, 3.05) is 19.0 Å². The van der Waals surface area contributed by atoms with Crippen LogP contribution in [0.1, 0.15) is 19.8 Å². The fourth-order valence-electron chi connectivity index (χ4n) is 1.44. The van der Waals surface area contributed by atoms with Gasteiger partial charge in [0.25, 0.3) is 0 Å². The average Bonchev–Trinajstić information content (AvgIpc) is 1.86. The summed E-state index contributed by atoms with van der Waals surface area (Å²) in [5.74, 6) is 0.760. The van der Waals surface area contributed by atoms with Crippen molar-refractivity contribution in [3.05, 3.63) is 0 Å². The van der Waals surface area contributed by atoms with Crippen LogP contribution in [0.2, 0.25) is 0 Å². The molecule has 1 saturated heterocycles. The Hall–Kier alpha value is 0.270. The second-order valence-corrected chi connectivity index (χ2v) is 3.58. The number of aliphatic hydroxyl groups is 1. The maximum atomic E-state index is 9.60. The van der Waals surface area contributed by atoms with Gasteiger partial charge in [0.2, 0.25) is 0 Å². The second kappa shape index (κ2) is 3.11. The molecule has 10 heavy (non-hydrogen) atoms. The monoisotopic (exact) mass is 161 g/mol. The van der Waals surface area contributed by atoms with E-state index in [1.807, 2.05) is 6.92 Å². The highest BCUT2D eigenvalue weighted by Gasteiger charge is 2.27. The molecule has 1 N–H and O–H groups in total. The van der Waals surface area contributed by atoms with Crippen molar-refractivity contribution < 1.29 is 5.11 Å². The van der Waals surface area contributed by atoms with Gasteiger partial charge in [0.15, 0.2) is 0 Å². The number of thiol groups is 1. The Labute approximate surface area is 67.6 Å². The first-order chi connectivity index (χ1) is 4.64. The summed E-state index contributed by atoms with van der Waals surface area (Å²) >= 11 is 4.16. The largest absolute Gasteiger partial charge is 0.389 e. The van der Waals surface area contributed by atoms with Gasteiger partial charge in [-0.05, 0) is 26.3 Å². The molecule has 1 rings (SSSR count). The summed E-state index contributed by atoms with van der Waals surface area (Å²) in [4.78, 5) is 2.16. The SMILES string of the molecule is CC1(O)CCCN(CS)C1. The lowest BCUT2D eigenvalue weighted by Gasteiger charge is -2.35. The van der Waals surface area contributed by atoms with Gasteiger partial charge in [0, 0.05) is 12.4 Å². The first kappa shape index (κ1) is 8.37. The van der Waals surface area contributed by atoms with E-state index in [9.17, 15) is 5.11 Å². The van der Waals surface area contributed by atoms with Gasteiger partial charge < -0.3 is 5.11 Å². The molecule has 0 aromatic heterocycles. The van der Waals surface area contributed by atoms with Gasteiger partial charge in [-0.1, -0.05) is 0 Å². The quantitative estimate of drug-likeness (QED) is 0.554. The summed E-state index contributed by atoms with van der Waals surface area (Å²) in [5, 5.41) is 9.60. The van der Waals surface area contributed by atoms with Gasteiger partial charge in [-0.2, -0.15) is 12.6 Å². The van der Waals surface area contributed by atoms with Crippen LogP contribution < -0.4 is 0 Å². The van der Waals surface area contributed by atoms with E-state index in [2.05, 4.69) is 17.5 Å². The summed E-state index contributed by atoms with van der Waals surface area (Å²) in [6.07, 6.45) is 2.02. The molecule has 0 radical (unpaired) electrons. The molecule has 0 saturated carbocycles. The zero-order valence-corrected chi connectivity index (χ0v) is 7.27. The molecule has 0 spiro atoms. The Kier molecular flexibility index (Phi) is 2.61. The Balaban J connectivity index is 2.40. The van der Waals surface area contributed by atoms with E-state index in [0.29, 0.717) is 0 Å². The van der Waals surface area contributed by atoms with Crippen molar-refractivity contribution in [1.82, 2.24) is 4.90 Å². The number of β-amino-alcohol motifs (C(OH)–C–C–N with tert-alkyl or cyclic N) is 1. The van der Waals surface area contributed by atoms with Crippen LogP contribution in [-0.4, -0.2) is 34.6 Å². The van der Waals surface area contributed by atoms with E-state index in [-0.39, 0.29) is 0 Å². The molecule has 0 aromatic rings. The minimum Gasteiger partial charge on any atom is -0.389 e. The molecule has 1 fully saturated rings. The third-order valence-corrected chi connectivity index (χ3v) is 2.35. The molecule has 0 amide bonds. The van der Waals surface area contributed by atoms with Crippen molar-refractivity contribution >= 4 is 12.6 Å². The minimum absolute atomic E-state index is 0.471. The highest BCUT2D eigenvalue weighted by atomic mass is 32.1. The average molecular weight is 161 g/mol. The van der Waals surface area contributed by atoms with Gasteiger partial charge in [0.1, 0.15) is 0 Å². The summed E-state index contributed by atoms with van der Waals surface area (Å²) in [6, 6.07) is 0. The number of hydrogen-bond donors (Lipinski definition) is 2. The number of hydrogen-bond acceptors (Lipinski definition) is 3. The molecule has 1 heterocycles. The van der Waals surface area contributed by atoms with E-state index in [4.69, 9.17) is 0 Å². The Morgan fingerprint density at radius 2 is 2.40 bits per heavy atom. The summed E-state index contributed by atoms with van der Waals surface area (Å²) in [5.41, 5.74) is -0.471. The van der Waals surface area contributed by atoms with Crippen LogP contribution in [-0.2, 0) is 0 Å². The zero-order valence-electron chi connectivity index (χ0n) is 6.38. The van der Waals surface area contributed by atoms with Crippen molar-refractivity contribution in [2.45, 2.75) is 25.4 Å². The van der Waals surface area contributed by atoms with Crippen molar-refractivity contribution in [3.8, 4) is 0 Å². The van der Waals surface area contributed by atoms with E-state index < -0.39 is 5.60 Å². The summed E-state index contributed by atoms with van der Waals surface area (Å²) < 4.78 is 0. The normalized spacial score (nSPS) is 36.3. The molecule has 3 heteroatoms. The third-order valence-electron chi connectivity index (χ3n) is 1.95. The first-order valence-corrected chi connectivity index (χ1v) is 4.33. The van der Waals surface area contributed by atoms with Crippen LogP contribution in [0.15, 0.2) is 0 Å². The van der Waals surface area contributed by atoms with E-state index in [1.165, 1.54) is 0 Å². The topological polar surface area (TPSA) is 23.5 Å². The number of nitrogens with zero attached hydrogens (tertiary/aromatic N) is 1. The van der Waals surface area contributed by atoms with Gasteiger partial charge in [-0.15, -0.1) is 0 Å². The Bertz CT molecular complexity index is 116. The van der Waals surface area contributed by atoms with Gasteiger partial charge in [-0.25, -0.2) is 0 Å². The smallest absolute Gasteiger partial charge is 0.0746 e. The predicted molar refractivity (Wildman–Crippen MR) is 45.3 cm³/mol. The van der Waals surface area contributed by atoms with Gasteiger partial charge in [0.05, 0.1) is 5.60 Å². The molecular weight excluding hydrogens is 146 g/mol. The summed E-state index contributed by atoms with van der Waals surface area (Å²) in [7, 11) is 0. The van der Waals surface area contributed by atoms with Gasteiger partial charge in [-0.3, -0.25) is 4.90 Å². The van der Waals surface area contributed by atoms with E-state index in [0.717, 1.165) is 31.8 Å². The highest BCUT2D eigenvalue weighted by molar-refractivity contribution is 7.80. The van der Waals surface area contributed by atoms with Crippen molar-refractivity contribution in [1.29, 1.82) is 0 Å². The third kappa shape index (κ3) is 2.15. The van der Waals surface area contributed by atoms with E-state index in [1.54, 1.807) is 0 Å². The summed E-state index contributed by atoms with van der Waals surface area (Å²) in [6.45, 7) is 3.75. The van der Waals surface area contributed by atoms with Crippen LogP contribution in [0.25, 0.3) is 0 Å². The van der Waals surface area contributed by atoms with Crippen molar-refractivity contribution in [3.63, 3.8) is 0 Å². The Morgan fingerprint density at radius 3 is 2.80 bits per heavy atom. The van der Waals surface area contributed by atoms with Crippen LogP contribution in [0.4, 0.5) is 0 Å². The van der Waals surface area contributed by atoms with Gasteiger partial charge >= 0.3 is 0 Å². The standard InChI is InChI=1S/C7H15NOS/c1-7(9)3-2-4-8(5-7)6-10/h9-10H,2-6H2,1H3. The fraction of sp³-hybridized carbons (Fsp3) is 1.00. The fourth-order valence-corrected chi connectivity index (χ4v) is 1.69. The molecule has 0 aromatic carbocycles. The highest BCUT2D eigenvalue weighted by Crippen LogP contribution is 2.19. The molecular formula is C7H15NOS. The first-order valence-electron chi connectivity index (χ1n) is 3.70. The zero-order chi connectivity index (χ0) is 7.61. The molecule has 1 aliphatic rings. The molecule has 1 aliphatic heterocycles. The maximum Gasteiger partial charge on any atom is 0.0746 e. The lowest BCUT2D eigenvalue weighted by atomic mass is 9.96. The van der Waals surface area contributed by atoms with Crippen molar-refractivity contribution in [2.24, 2.45) is 0 Å². The lowest BCUT2D eigenvalue weighted by molar-refractivity contribution is -0.00879. The molecule has 1 unspecified atom stereocenters. The van der Waals surface area contributed by atoms with Crippen LogP contribution >= 0.6 is 12.6 Å². The van der Waals surface area contributed by atoms with E-state index >= 15 is 0 Å². The number of piperidine rings is 1. The van der Waals surface area contributed by atoms with Crippen LogP contribution in [0.5, 0.6) is 0 Å². The van der Waals surface area contributed by atoms with Crippen LogP contribution in [0, 0.1) is 0 Å². The lowest BCUT2D eigenvalue weighted by Crippen LogP contribution is -2.45. The number of likely N-dealkylation sites (tertiary alicyclic amines) is 1. The molecule has 0 bridgehead atoms. The molecule has 0 aliphatic carbocycles. The van der Waals surface area contributed by atoms with Crippen LogP contribution in [0.3, 0.4) is 0 Å². The molecule has 1 atom stereocenters. The predicted octanol–water partition coefficient (Wildman–Crippen LogP) is 0.720. The second-order valence-electron chi connectivity index (χ2n) is 3.29. The Morgan fingerprint density at radius 1 is 1.70 bits per heavy atom. The maximum absolute atomic E-state index is 9.60.